The maximum atomic E-state index is 13.9. The molecule has 3 heterocycles. The summed E-state index contributed by atoms with van der Waals surface area (Å²) in [6.07, 6.45) is -1.88. The Bertz CT molecular complexity index is 617. The highest BCUT2D eigenvalue weighted by atomic mass is 35.5. The van der Waals surface area contributed by atoms with Crippen molar-refractivity contribution < 1.29 is 27.4 Å². The zero-order valence-electron chi connectivity index (χ0n) is 13.7. The summed E-state index contributed by atoms with van der Waals surface area (Å²) in [5.41, 5.74) is -0.768. The molecule has 4 aliphatic rings. The molecule has 0 aromatic heterocycles. The summed E-state index contributed by atoms with van der Waals surface area (Å²) in [6.45, 7) is -0.0189. The van der Waals surface area contributed by atoms with Gasteiger partial charge in [0.1, 0.15) is 0 Å². The fraction of sp³-hybridized carbons (Fsp3) is 0.667. The lowest BCUT2D eigenvalue weighted by molar-refractivity contribution is -0.529. The van der Waals surface area contributed by atoms with Gasteiger partial charge in [-0.1, -0.05) is 30.9 Å². The van der Waals surface area contributed by atoms with Gasteiger partial charge in [0, 0.05) is 10.6 Å². The minimum absolute atomic E-state index is 0.00945. The first-order valence-corrected chi connectivity index (χ1v) is 9.02. The molecule has 0 spiro atoms. The molecule has 1 unspecified atom stereocenters. The van der Waals surface area contributed by atoms with E-state index < -0.39 is 23.7 Å². The molecule has 0 N–H and O–H groups in total. The Morgan fingerprint density at radius 3 is 2.12 bits per heavy atom. The van der Waals surface area contributed by atoms with Gasteiger partial charge in [0.15, 0.2) is 6.10 Å². The van der Waals surface area contributed by atoms with Crippen LogP contribution in [0.3, 0.4) is 0 Å². The van der Waals surface area contributed by atoms with E-state index in [0.29, 0.717) is 10.6 Å². The minimum atomic E-state index is -4.47. The van der Waals surface area contributed by atoms with Crippen LogP contribution in [0.15, 0.2) is 24.3 Å². The van der Waals surface area contributed by atoms with Gasteiger partial charge in [-0.15, -0.1) is 0 Å². The standard InChI is InChI=1S/C18H20ClF3O3/c19-14-8-6-13(7-9-14)18-23-10-16(11-24-18,12-4-2-1-3-5-12)15(25-18)17(20,21)22/h6-9,12,15H,1-5,10-11H2. The molecule has 1 saturated carbocycles. The van der Waals surface area contributed by atoms with Crippen molar-refractivity contribution in [3.8, 4) is 0 Å². The van der Waals surface area contributed by atoms with Crippen molar-refractivity contribution in [3.05, 3.63) is 34.9 Å². The van der Waals surface area contributed by atoms with Gasteiger partial charge in [-0.2, -0.15) is 13.2 Å². The van der Waals surface area contributed by atoms with Gasteiger partial charge < -0.3 is 14.2 Å². The Morgan fingerprint density at radius 2 is 1.56 bits per heavy atom. The quantitative estimate of drug-likeness (QED) is 0.725. The molecule has 3 aliphatic heterocycles. The van der Waals surface area contributed by atoms with Crippen LogP contribution in [0, 0.1) is 11.3 Å². The third-order valence-electron chi connectivity index (χ3n) is 5.77. The Labute approximate surface area is 149 Å². The number of hydrogen-bond acceptors (Lipinski definition) is 3. The molecule has 1 aromatic rings. The lowest BCUT2D eigenvalue weighted by Crippen LogP contribution is -2.69. The van der Waals surface area contributed by atoms with Crippen LogP contribution in [0.2, 0.25) is 5.02 Å². The maximum absolute atomic E-state index is 13.9. The van der Waals surface area contributed by atoms with Gasteiger partial charge in [0.2, 0.25) is 0 Å². The number of hydrogen-bond donors (Lipinski definition) is 0. The van der Waals surface area contributed by atoms with Crippen LogP contribution < -0.4 is 0 Å². The van der Waals surface area contributed by atoms with Crippen LogP contribution in [0.5, 0.6) is 0 Å². The average Bonchev–Trinajstić information content (AvgIpc) is 2.63. The number of alkyl halides is 3. The van der Waals surface area contributed by atoms with E-state index in [0.717, 1.165) is 32.1 Å². The van der Waals surface area contributed by atoms with Crippen LogP contribution in [0.1, 0.15) is 37.7 Å². The molecule has 4 fully saturated rings. The topological polar surface area (TPSA) is 27.7 Å². The van der Waals surface area contributed by atoms with Crippen molar-refractivity contribution in [2.45, 2.75) is 50.4 Å². The third-order valence-corrected chi connectivity index (χ3v) is 6.02. The molecule has 3 saturated heterocycles. The number of ether oxygens (including phenoxy) is 3. The van der Waals surface area contributed by atoms with Crippen LogP contribution in [0.25, 0.3) is 0 Å². The van der Waals surface area contributed by atoms with Crippen molar-refractivity contribution in [1.29, 1.82) is 0 Å². The molecule has 1 atom stereocenters. The molecule has 0 radical (unpaired) electrons. The highest BCUT2D eigenvalue weighted by molar-refractivity contribution is 6.30. The van der Waals surface area contributed by atoms with Gasteiger partial charge in [0.05, 0.1) is 18.6 Å². The second-order valence-electron chi connectivity index (χ2n) is 7.25. The number of rotatable bonds is 2. The third kappa shape index (κ3) is 2.87. The summed E-state index contributed by atoms with van der Waals surface area (Å²) in [4.78, 5) is 0. The summed E-state index contributed by atoms with van der Waals surface area (Å²) in [6, 6.07) is 6.33. The highest BCUT2D eigenvalue weighted by Gasteiger charge is 2.68. The van der Waals surface area contributed by atoms with Crippen LogP contribution in [-0.2, 0) is 20.2 Å². The Morgan fingerprint density at radius 1 is 0.960 bits per heavy atom. The largest absolute Gasteiger partial charge is 0.415 e. The fourth-order valence-electron chi connectivity index (χ4n) is 4.44. The number of fused-ring (bicyclic) bond motifs is 3. The monoisotopic (exact) mass is 376 g/mol. The van der Waals surface area contributed by atoms with Crippen LogP contribution in [-0.4, -0.2) is 25.5 Å². The smallest absolute Gasteiger partial charge is 0.323 e. The predicted octanol–water partition coefficient (Wildman–Crippen LogP) is 5.02. The summed E-state index contributed by atoms with van der Waals surface area (Å²) in [5.74, 6) is -1.90. The average molecular weight is 377 g/mol. The highest BCUT2D eigenvalue weighted by Crippen LogP contribution is 2.57. The normalized spacial score (nSPS) is 36.6. The van der Waals surface area contributed by atoms with Crippen molar-refractivity contribution in [3.63, 3.8) is 0 Å². The Hall–Kier alpha value is -0.820. The minimum Gasteiger partial charge on any atom is -0.323 e. The van der Waals surface area contributed by atoms with Gasteiger partial charge in [-0.05, 0) is 43.0 Å². The van der Waals surface area contributed by atoms with Crippen molar-refractivity contribution >= 4 is 11.6 Å². The fourth-order valence-corrected chi connectivity index (χ4v) is 4.57. The van der Waals surface area contributed by atoms with E-state index in [9.17, 15) is 13.2 Å². The van der Waals surface area contributed by atoms with Gasteiger partial charge in [-0.3, -0.25) is 0 Å². The first kappa shape index (κ1) is 17.6. The molecule has 25 heavy (non-hydrogen) atoms. The molecule has 5 rings (SSSR count). The predicted molar refractivity (Wildman–Crippen MR) is 85.0 cm³/mol. The SMILES string of the molecule is FC(F)(F)C1OC2(c3ccc(Cl)cc3)OCC1(C1CCCCC1)CO2. The van der Waals surface area contributed by atoms with E-state index in [-0.39, 0.29) is 19.1 Å². The van der Waals surface area contributed by atoms with Gasteiger partial charge in [-0.25, -0.2) is 0 Å². The number of benzene rings is 1. The molecule has 2 bridgehead atoms. The lowest BCUT2D eigenvalue weighted by atomic mass is 9.65. The molecule has 1 aromatic carbocycles. The van der Waals surface area contributed by atoms with Crippen molar-refractivity contribution in [2.75, 3.05) is 13.2 Å². The summed E-state index contributed by atoms with van der Waals surface area (Å²) >= 11 is 5.87. The van der Waals surface area contributed by atoms with E-state index in [2.05, 4.69) is 0 Å². The second-order valence-corrected chi connectivity index (χ2v) is 7.68. The van der Waals surface area contributed by atoms with E-state index >= 15 is 0 Å². The first-order chi connectivity index (χ1) is 11.9. The van der Waals surface area contributed by atoms with Crippen LogP contribution in [0.4, 0.5) is 13.2 Å². The van der Waals surface area contributed by atoms with Crippen LogP contribution >= 0.6 is 11.6 Å². The molecule has 138 valence electrons. The molecular formula is C18H20ClF3O3. The molecule has 0 amide bonds. The zero-order valence-corrected chi connectivity index (χ0v) is 14.4. The summed E-state index contributed by atoms with van der Waals surface area (Å²) in [5, 5.41) is 0.482. The number of halogens is 4. The molecule has 1 aliphatic carbocycles. The van der Waals surface area contributed by atoms with E-state index in [4.69, 9.17) is 25.8 Å². The molecular weight excluding hydrogens is 357 g/mol. The van der Waals surface area contributed by atoms with E-state index in [1.165, 1.54) is 0 Å². The zero-order chi connectivity index (χ0) is 17.7. The van der Waals surface area contributed by atoms with Gasteiger partial charge in [0.25, 0.3) is 0 Å². The summed E-state index contributed by atoms with van der Waals surface area (Å²) in [7, 11) is 0. The van der Waals surface area contributed by atoms with Gasteiger partial charge >= 0.3 is 12.1 Å². The lowest BCUT2D eigenvalue weighted by Gasteiger charge is -2.59. The first-order valence-electron chi connectivity index (χ1n) is 8.64. The second kappa shape index (κ2) is 6.12. The molecule has 7 heteroatoms. The summed E-state index contributed by atoms with van der Waals surface area (Å²) < 4.78 is 58.8. The van der Waals surface area contributed by atoms with Crippen molar-refractivity contribution in [1.82, 2.24) is 0 Å². The van der Waals surface area contributed by atoms with E-state index in [1.807, 2.05) is 0 Å². The molecule has 3 nitrogen and oxygen atoms in total. The Balaban J connectivity index is 1.69. The van der Waals surface area contributed by atoms with Crippen molar-refractivity contribution in [2.24, 2.45) is 11.3 Å². The van der Waals surface area contributed by atoms with E-state index in [1.54, 1.807) is 24.3 Å². The Kier molecular flexibility index (Phi) is 4.30. The maximum Gasteiger partial charge on any atom is 0.415 e.